The first-order chi connectivity index (χ1) is 8.54. The van der Waals surface area contributed by atoms with Crippen LogP contribution in [-0.4, -0.2) is 29.3 Å². The van der Waals surface area contributed by atoms with E-state index in [9.17, 15) is 9.18 Å². The summed E-state index contributed by atoms with van der Waals surface area (Å²) in [5.74, 6) is 0.0794. The van der Waals surface area contributed by atoms with E-state index in [4.69, 9.17) is 11.6 Å². The quantitative estimate of drug-likeness (QED) is 0.755. The summed E-state index contributed by atoms with van der Waals surface area (Å²) in [5.41, 5.74) is 0.956. The van der Waals surface area contributed by atoms with Crippen LogP contribution in [0.1, 0.15) is 29.3 Å². The molecule has 2 unspecified atom stereocenters. The van der Waals surface area contributed by atoms with Gasteiger partial charge in [0.2, 0.25) is 0 Å². The highest BCUT2D eigenvalue weighted by atomic mass is 35.5. The molecule has 0 spiro atoms. The van der Waals surface area contributed by atoms with Crippen LogP contribution in [0.4, 0.5) is 4.39 Å². The van der Waals surface area contributed by atoms with Crippen LogP contribution < -0.4 is 0 Å². The number of amides is 1. The van der Waals surface area contributed by atoms with Gasteiger partial charge in [0.05, 0.1) is 5.56 Å². The fourth-order valence-electron chi connectivity index (χ4n) is 2.44. The molecule has 0 aliphatic carbocycles. The second-order valence-corrected chi connectivity index (χ2v) is 5.28. The fraction of sp³-hybridized carbons (Fsp3) is 0.500. The van der Waals surface area contributed by atoms with Gasteiger partial charge in [-0.1, -0.05) is 13.0 Å². The molecule has 1 heterocycles. The highest BCUT2D eigenvalue weighted by molar-refractivity contribution is 6.18. The summed E-state index contributed by atoms with van der Waals surface area (Å²) >= 11 is 5.91. The Morgan fingerprint density at radius 3 is 2.89 bits per heavy atom. The third-order valence-electron chi connectivity index (χ3n) is 3.66. The van der Waals surface area contributed by atoms with Crippen molar-refractivity contribution in [1.82, 2.24) is 4.90 Å². The van der Waals surface area contributed by atoms with Gasteiger partial charge in [0.25, 0.3) is 5.91 Å². The summed E-state index contributed by atoms with van der Waals surface area (Å²) < 4.78 is 13.8. The Morgan fingerprint density at radius 1 is 1.56 bits per heavy atom. The molecule has 0 radical (unpaired) electrons. The Bertz CT molecular complexity index is 463. The third kappa shape index (κ3) is 2.37. The third-order valence-corrected chi connectivity index (χ3v) is 3.97. The van der Waals surface area contributed by atoms with Gasteiger partial charge in [0.1, 0.15) is 5.82 Å². The van der Waals surface area contributed by atoms with E-state index in [1.807, 2.05) is 0 Å². The van der Waals surface area contributed by atoms with E-state index in [0.29, 0.717) is 18.3 Å². The van der Waals surface area contributed by atoms with Crippen molar-refractivity contribution >= 4 is 17.5 Å². The van der Waals surface area contributed by atoms with Crippen molar-refractivity contribution in [2.24, 2.45) is 5.92 Å². The van der Waals surface area contributed by atoms with E-state index < -0.39 is 5.82 Å². The Balaban J connectivity index is 2.26. The number of aryl methyl sites for hydroxylation is 1. The SMILES string of the molecule is Cc1ccc(C(=O)N2CCC(C)C2CCl)c(F)c1. The van der Waals surface area contributed by atoms with Crippen LogP contribution in [0.25, 0.3) is 0 Å². The lowest BCUT2D eigenvalue weighted by Gasteiger charge is -2.25. The first-order valence-corrected chi connectivity index (χ1v) is 6.71. The molecule has 1 aromatic carbocycles. The Morgan fingerprint density at radius 2 is 2.28 bits per heavy atom. The van der Waals surface area contributed by atoms with Gasteiger partial charge in [-0.05, 0) is 37.0 Å². The minimum atomic E-state index is -0.451. The molecule has 1 fully saturated rings. The first kappa shape index (κ1) is 13.3. The molecule has 1 saturated heterocycles. The summed E-state index contributed by atoms with van der Waals surface area (Å²) in [6.07, 6.45) is 0.927. The molecule has 2 rings (SSSR count). The minimum Gasteiger partial charge on any atom is -0.334 e. The highest BCUT2D eigenvalue weighted by Gasteiger charge is 2.34. The maximum atomic E-state index is 13.8. The zero-order valence-corrected chi connectivity index (χ0v) is 11.4. The summed E-state index contributed by atoms with van der Waals surface area (Å²) in [7, 11) is 0. The molecule has 2 nitrogen and oxygen atoms in total. The molecule has 98 valence electrons. The molecule has 0 N–H and O–H groups in total. The number of halogens is 2. The molecule has 4 heteroatoms. The number of carbonyl (C=O) groups excluding carboxylic acids is 1. The van der Waals surface area contributed by atoms with E-state index in [2.05, 4.69) is 6.92 Å². The topological polar surface area (TPSA) is 20.3 Å². The standard InChI is InChI=1S/C14H17ClFNO/c1-9-3-4-11(12(16)7-9)14(18)17-6-5-10(2)13(17)8-15/h3-4,7,10,13H,5-6,8H2,1-2H3. The van der Waals surface area contributed by atoms with Gasteiger partial charge in [0.15, 0.2) is 0 Å². The molecule has 0 aromatic heterocycles. The summed E-state index contributed by atoms with van der Waals surface area (Å²) in [5, 5.41) is 0. The van der Waals surface area contributed by atoms with Gasteiger partial charge >= 0.3 is 0 Å². The molecule has 0 saturated carbocycles. The number of benzene rings is 1. The van der Waals surface area contributed by atoms with Crippen LogP contribution in [-0.2, 0) is 0 Å². The minimum absolute atomic E-state index is 0.0138. The predicted molar refractivity (Wildman–Crippen MR) is 70.5 cm³/mol. The number of likely N-dealkylation sites (tertiary alicyclic amines) is 1. The molecule has 18 heavy (non-hydrogen) atoms. The Kier molecular flexibility index (Phi) is 3.91. The molecule has 1 amide bonds. The van der Waals surface area contributed by atoms with E-state index in [1.165, 1.54) is 6.07 Å². The van der Waals surface area contributed by atoms with Crippen molar-refractivity contribution in [1.29, 1.82) is 0 Å². The van der Waals surface area contributed by atoms with Crippen LogP contribution in [0.15, 0.2) is 18.2 Å². The van der Waals surface area contributed by atoms with Crippen LogP contribution in [0.2, 0.25) is 0 Å². The predicted octanol–water partition coefficient (Wildman–Crippen LogP) is 3.22. The zero-order chi connectivity index (χ0) is 13.3. The van der Waals surface area contributed by atoms with Crippen LogP contribution in [0, 0.1) is 18.7 Å². The lowest BCUT2D eigenvalue weighted by molar-refractivity contribution is 0.0732. The Hall–Kier alpha value is -1.09. The van der Waals surface area contributed by atoms with Gasteiger partial charge < -0.3 is 4.90 Å². The zero-order valence-electron chi connectivity index (χ0n) is 10.6. The van der Waals surface area contributed by atoms with Crippen LogP contribution in [0.3, 0.4) is 0 Å². The summed E-state index contributed by atoms with van der Waals surface area (Å²) in [4.78, 5) is 14.0. The number of carbonyl (C=O) groups is 1. The number of rotatable bonds is 2. The summed E-state index contributed by atoms with van der Waals surface area (Å²) in [6, 6.07) is 4.72. The second-order valence-electron chi connectivity index (χ2n) is 4.97. The van der Waals surface area contributed by atoms with Crippen molar-refractivity contribution in [2.45, 2.75) is 26.3 Å². The monoisotopic (exact) mass is 269 g/mol. The molecule has 2 atom stereocenters. The van der Waals surface area contributed by atoms with Crippen LogP contribution in [0.5, 0.6) is 0 Å². The van der Waals surface area contributed by atoms with Gasteiger partial charge in [-0.25, -0.2) is 4.39 Å². The summed E-state index contributed by atoms with van der Waals surface area (Å²) in [6.45, 7) is 4.54. The first-order valence-electron chi connectivity index (χ1n) is 6.17. The molecular weight excluding hydrogens is 253 g/mol. The smallest absolute Gasteiger partial charge is 0.257 e. The average molecular weight is 270 g/mol. The molecular formula is C14H17ClFNO. The van der Waals surface area contributed by atoms with Crippen molar-refractivity contribution < 1.29 is 9.18 Å². The highest BCUT2D eigenvalue weighted by Crippen LogP contribution is 2.27. The molecule has 1 aliphatic rings. The molecule has 1 aromatic rings. The van der Waals surface area contributed by atoms with Gasteiger partial charge in [-0.2, -0.15) is 0 Å². The van der Waals surface area contributed by atoms with Crippen LogP contribution >= 0.6 is 11.6 Å². The van der Waals surface area contributed by atoms with Crippen molar-refractivity contribution in [3.63, 3.8) is 0 Å². The van der Waals surface area contributed by atoms with Gasteiger partial charge in [-0.3, -0.25) is 4.79 Å². The Labute approximate surface area is 112 Å². The van der Waals surface area contributed by atoms with Crippen molar-refractivity contribution in [2.75, 3.05) is 12.4 Å². The number of alkyl halides is 1. The molecule has 0 bridgehead atoms. The van der Waals surface area contributed by atoms with Gasteiger partial charge in [0, 0.05) is 18.5 Å². The lowest BCUT2D eigenvalue weighted by atomic mass is 10.0. The second kappa shape index (κ2) is 5.27. The maximum Gasteiger partial charge on any atom is 0.257 e. The number of nitrogens with zero attached hydrogens (tertiary/aromatic N) is 1. The van der Waals surface area contributed by atoms with E-state index >= 15 is 0 Å². The number of hydrogen-bond donors (Lipinski definition) is 0. The number of hydrogen-bond acceptors (Lipinski definition) is 1. The fourth-order valence-corrected chi connectivity index (χ4v) is 2.91. The van der Waals surface area contributed by atoms with E-state index in [1.54, 1.807) is 24.0 Å². The van der Waals surface area contributed by atoms with Crippen molar-refractivity contribution in [3.8, 4) is 0 Å². The van der Waals surface area contributed by atoms with E-state index in [-0.39, 0.29) is 17.5 Å². The maximum absolute atomic E-state index is 13.8. The van der Waals surface area contributed by atoms with Crippen molar-refractivity contribution in [3.05, 3.63) is 35.1 Å². The largest absolute Gasteiger partial charge is 0.334 e. The normalized spacial score (nSPS) is 23.4. The van der Waals surface area contributed by atoms with Gasteiger partial charge in [-0.15, -0.1) is 11.6 Å². The molecule has 1 aliphatic heterocycles. The van der Waals surface area contributed by atoms with E-state index in [0.717, 1.165) is 12.0 Å². The lowest BCUT2D eigenvalue weighted by Crippen LogP contribution is -2.39. The average Bonchev–Trinajstić information content (AvgIpc) is 2.69.